The molecule has 148 valence electrons. The molecular formula is C18H24FN3O3S2. The number of amides is 1. The van der Waals surface area contributed by atoms with Gasteiger partial charge in [0.15, 0.2) is 0 Å². The summed E-state index contributed by atoms with van der Waals surface area (Å²) < 4.78 is 38.9. The summed E-state index contributed by atoms with van der Waals surface area (Å²) in [6.45, 7) is 4.70. The first kappa shape index (κ1) is 21.5. The Hall–Kier alpha value is -1.84. The van der Waals surface area contributed by atoms with Crippen molar-refractivity contribution in [3.8, 4) is 0 Å². The van der Waals surface area contributed by atoms with Crippen LogP contribution >= 0.6 is 11.3 Å². The summed E-state index contributed by atoms with van der Waals surface area (Å²) in [6.07, 6.45) is 0.599. The molecule has 0 radical (unpaired) electrons. The molecule has 2 rings (SSSR count). The highest BCUT2D eigenvalue weighted by atomic mass is 32.2. The molecule has 0 saturated carbocycles. The Balaban J connectivity index is 1.77. The van der Waals surface area contributed by atoms with Crippen LogP contribution in [0.1, 0.15) is 43.3 Å². The summed E-state index contributed by atoms with van der Waals surface area (Å²) in [7, 11) is -2.24. The second-order valence-electron chi connectivity index (χ2n) is 6.49. The predicted octanol–water partition coefficient (Wildman–Crippen LogP) is 3.12. The van der Waals surface area contributed by atoms with E-state index in [0.29, 0.717) is 18.9 Å². The number of hydrogen-bond acceptors (Lipinski definition) is 5. The van der Waals surface area contributed by atoms with Crippen molar-refractivity contribution in [2.45, 2.75) is 44.0 Å². The maximum atomic E-state index is 12.9. The summed E-state index contributed by atoms with van der Waals surface area (Å²) in [5.41, 5.74) is 0.827. The number of benzene rings is 1. The number of aromatic nitrogens is 1. The summed E-state index contributed by atoms with van der Waals surface area (Å²) in [6, 6.07) is 4.68. The zero-order valence-electron chi connectivity index (χ0n) is 15.6. The number of sulfonamides is 1. The van der Waals surface area contributed by atoms with Gasteiger partial charge in [0, 0.05) is 31.3 Å². The van der Waals surface area contributed by atoms with Crippen molar-refractivity contribution >= 4 is 27.3 Å². The Bertz CT molecular complexity index is 864. The van der Waals surface area contributed by atoms with Crippen molar-refractivity contribution in [2.24, 2.45) is 0 Å². The molecule has 27 heavy (non-hydrogen) atoms. The molecule has 1 heterocycles. The van der Waals surface area contributed by atoms with Gasteiger partial charge >= 0.3 is 0 Å². The summed E-state index contributed by atoms with van der Waals surface area (Å²) >= 11 is 1.57. The van der Waals surface area contributed by atoms with E-state index in [9.17, 15) is 17.6 Å². The number of carbonyl (C=O) groups excluding carboxylic acids is 1. The highest BCUT2D eigenvalue weighted by Crippen LogP contribution is 2.19. The highest BCUT2D eigenvalue weighted by Gasteiger charge is 2.20. The zero-order valence-corrected chi connectivity index (χ0v) is 17.2. The first-order valence-electron chi connectivity index (χ1n) is 8.63. The predicted molar refractivity (Wildman–Crippen MR) is 103 cm³/mol. The average molecular weight is 414 g/mol. The minimum atomic E-state index is -3.69. The Kier molecular flexibility index (Phi) is 7.46. The van der Waals surface area contributed by atoms with Crippen LogP contribution in [-0.2, 0) is 21.4 Å². The number of rotatable bonds is 9. The first-order chi connectivity index (χ1) is 12.7. The quantitative estimate of drug-likeness (QED) is 0.685. The van der Waals surface area contributed by atoms with Crippen LogP contribution in [0.15, 0.2) is 34.5 Å². The van der Waals surface area contributed by atoms with Gasteiger partial charge in [-0.25, -0.2) is 22.1 Å². The van der Waals surface area contributed by atoms with E-state index in [1.165, 1.54) is 23.5 Å². The van der Waals surface area contributed by atoms with Gasteiger partial charge < -0.3 is 5.32 Å². The third kappa shape index (κ3) is 6.08. The minimum Gasteiger partial charge on any atom is -0.350 e. The van der Waals surface area contributed by atoms with Crippen molar-refractivity contribution in [1.82, 2.24) is 14.6 Å². The third-order valence-electron chi connectivity index (χ3n) is 3.93. The lowest BCUT2D eigenvalue weighted by atomic mass is 10.2. The van der Waals surface area contributed by atoms with E-state index in [-0.39, 0.29) is 23.8 Å². The SMILES string of the molecule is CC(C)c1nc(CNC(=O)CCCN(C)S(=O)(=O)c2ccc(F)cc2)cs1. The van der Waals surface area contributed by atoms with Gasteiger partial charge in [0.05, 0.1) is 22.1 Å². The number of nitrogens with zero attached hydrogens (tertiary/aromatic N) is 2. The minimum absolute atomic E-state index is 0.0281. The van der Waals surface area contributed by atoms with E-state index in [4.69, 9.17) is 0 Å². The van der Waals surface area contributed by atoms with E-state index >= 15 is 0 Å². The number of halogens is 1. The molecule has 1 aromatic heterocycles. The smallest absolute Gasteiger partial charge is 0.242 e. The topological polar surface area (TPSA) is 79.4 Å². The third-order valence-corrected chi connectivity index (χ3v) is 6.99. The molecule has 1 amide bonds. The fraction of sp³-hybridized carbons (Fsp3) is 0.444. The Morgan fingerprint density at radius 2 is 1.96 bits per heavy atom. The molecule has 0 saturated heterocycles. The van der Waals surface area contributed by atoms with E-state index in [2.05, 4.69) is 24.1 Å². The van der Waals surface area contributed by atoms with Gasteiger partial charge in [0.1, 0.15) is 5.82 Å². The van der Waals surface area contributed by atoms with Crippen molar-refractivity contribution in [3.63, 3.8) is 0 Å². The highest BCUT2D eigenvalue weighted by molar-refractivity contribution is 7.89. The molecule has 6 nitrogen and oxygen atoms in total. The molecule has 2 aromatic rings. The van der Waals surface area contributed by atoms with Crippen molar-refractivity contribution in [2.75, 3.05) is 13.6 Å². The van der Waals surface area contributed by atoms with Crippen molar-refractivity contribution in [1.29, 1.82) is 0 Å². The lowest BCUT2D eigenvalue weighted by Crippen LogP contribution is -2.29. The van der Waals surface area contributed by atoms with Crippen LogP contribution in [0.25, 0.3) is 0 Å². The van der Waals surface area contributed by atoms with E-state index in [1.807, 2.05) is 5.38 Å². The van der Waals surface area contributed by atoms with Gasteiger partial charge in [-0.2, -0.15) is 0 Å². The Labute approximate surface area is 163 Å². The zero-order chi connectivity index (χ0) is 20.0. The summed E-state index contributed by atoms with van der Waals surface area (Å²) in [5, 5.41) is 5.76. The fourth-order valence-corrected chi connectivity index (χ4v) is 4.36. The van der Waals surface area contributed by atoms with Gasteiger partial charge in [0.2, 0.25) is 15.9 Å². The van der Waals surface area contributed by atoms with Gasteiger partial charge in [-0.1, -0.05) is 13.8 Å². The molecular weight excluding hydrogens is 389 g/mol. The molecule has 1 aromatic carbocycles. The van der Waals surface area contributed by atoms with Crippen LogP contribution < -0.4 is 5.32 Å². The lowest BCUT2D eigenvalue weighted by Gasteiger charge is -2.17. The fourth-order valence-electron chi connectivity index (χ4n) is 2.32. The molecule has 0 aliphatic heterocycles. The van der Waals surface area contributed by atoms with Crippen LogP contribution in [0, 0.1) is 5.82 Å². The van der Waals surface area contributed by atoms with Gasteiger partial charge in [-0.3, -0.25) is 4.79 Å². The summed E-state index contributed by atoms with van der Waals surface area (Å²) in [5.74, 6) is -0.284. The lowest BCUT2D eigenvalue weighted by molar-refractivity contribution is -0.121. The standard InChI is InChI=1S/C18H24FN3O3S2/c1-13(2)18-21-15(12-26-18)11-20-17(23)5-4-10-22(3)27(24,25)16-8-6-14(19)7-9-16/h6-9,12-13H,4-5,10-11H2,1-3H3,(H,20,23). The second-order valence-corrected chi connectivity index (χ2v) is 9.43. The molecule has 9 heteroatoms. The van der Waals surface area contributed by atoms with E-state index in [0.717, 1.165) is 22.8 Å². The Morgan fingerprint density at radius 3 is 2.56 bits per heavy atom. The second kappa shape index (κ2) is 9.38. The summed E-state index contributed by atoms with van der Waals surface area (Å²) in [4.78, 5) is 16.4. The normalized spacial score (nSPS) is 11.9. The van der Waals surface area contributed by atoms with E-state index < -0.39 is 15.8 Å². The molecule has 1 N–H and O–H groups in total. The van der Waals surface area contributed by atoms with Crippen molar-refractivity contribution in [3.05, 3.63) is 46.2 Å². The first-order valence-corrected chi connectivity index (χ1v) is 10.9. The average Bonchev–Trinajstić information content (AvgIpc) is 3.09. The molecule has 0 unspecified atom stereocenters. The van der Waals surface area contributed by atoms with Crippen LogP contribution in [0.2, 0.25) is 0 Å². The molecule has 0 bridgehead atoms. The van der Waals surface area contributed by atoms with Crippen LogP contribution in [0.5, 0.6) is 0 Å². The monoisotopic (exact) mass is 413 g/mol. The molecule has 0 fully saturated rings. The van der Waals surface area contributed by atoms with Crippen LogP contribution in [0.3, 0.4) is 0 Å². The molecule has 0 atom stereocenters. The van der Waals surface area contributed by atoms with Crippen LogP contribution in [-0.4, -0.2) is 37.2 Å². The van der Waals surface area contributed by atoms with Gasteiger partial charge in [-0.05, 0) is 30.7 Å². The number of carbonyl (C=O) groups is 1. The maximum Gasteiger partial charge on any atom is 0.242 e. The molecule has 0 aliphatic carbocycles. The molecule has 0 aliphatic rings. The van der Waals surface area contributed by atoms with Gasteiger partial charge in [-0.15, -0.1) is 11.3 Å². The number of nitrogens with one attached hydrogen (secondary N) is 1. The molecule has 0 spiro atoms. The van der Waals surface area contributed by atoms with Gasteiger partial charge in [0.25, 0.3) is 0 Å². The number of hydrogen-bond donors (Lipinski definition) is 1. The van der Waals surface area contributed by atoms with E-state index in [1.54, 1.807) is 11.3 Å². The maximum absolute atomic E-state index is 12.9. The van der Waals surface area contributed by atoms with Crippen LogP contribution in [0.4, 0.5) is 4.39 Å². The Morgan fingerprint density at radius 1 is 1.30 bits per heavy atom. The van der Waals surface area contributed by atoms with Crippen molar-refractivity contribution < 1.29 is 17.6 Å². The number of thiazole rings is 1. The largest absolute Gasteiger partial charge is 0.350 e.